The summed E-state index contributed by atoms with van der Waals surface area (Å²) in [4.78, 5) is 26.1. The van der Waals surface area contributed by atoms with Crippen LogP contribution in [0.25, 0.3) is 0 Å². The summed E-state index contributed by atoms with van der Waals surface area (Å²) in [6.45, 7) is 3.99. The van der Waals surface area contributed by atoms with Gasteiger partial charge < -0.3 is 19.7 Å². The van der Waals surface area contributed by atoms with Crippen LogP contribution >= 0.6 is 0 Å². The first kappa shape index (κ1) is 15.6. The van der Waals surface area contributed by atoms with E-state index in [4.69, 9.17) is 4.42 Å². The summed E-state index contributed by atoms with van der Waals surface area (Å²) in [5.41, 5.74) is 0.389. The molecule has 1 aliphatic rings. The Bertz CT molecular complexity index is 484. The fourth-order valence-electron chi connectivity index (χ4n) is 2.72. The lowest BCUT2D eigenvalue weighted by molar-refractivity contribution is -0.139. The molecular weight excluding hydrogens is 272 g/mol. The number of aliphatic hydroxyl groups excluding tert-OH is 1. The molecule has 21 heavy (non-hydrogen) atoms. The molecule has 3 atom stereocenters. The molecular formula is C15H22N2O4. The molecule has 2 heterocycles. The maximum atomic E-state index is 12.5. The number of carbonyl (C=O) groups is 2. The Kier molecular flexibility index (Phi) is 5.01. The molecule has 2 amide bonds. The van der Waals surface area contributed by atoms with Gasteiger partial charge in [-0.25, -0.2) is 0 Å². The molecule has 1 aromatic rings. The van der Waals surface area contributed by atoms with Gasteiger partial charge in [0.1, 0.15) is 12.3 Å². The minimum Gasteiger partial charge on any atom is -0.472 e. The Labute approximate surface area is 124 Å². The highest BCUT2D eigenvalue weighted by atomic mass is 16.3. The van der Waals surface area contributed by atoms with E-state index >= 15 is 0 Å². The van der Waals surface area contributed by atoms with Gasteiger partial charge >= 0.3 is 0 Å². The van der Waals surface area contributed by atoms with E-state index < -0.39 is 12.1 Å². The van der Waals surface area contributed by atoms with Crippen molar-refractivity contribution in [3.05, 3.63) is 24.2 Å². The molecule has 0 radical (unpaired) electrons. The third-order valence-electron chi connectivity index (χ3n) is 3.89. The number of piperidine rings is 1. The second-order valence-electron chi connectivity index (χ2n) is 5.54. The summed E-state index contributed by atoms with van der Waals surface area (Å²) in [6, 6.07) is 0.748. The van der Waals surface area contributed by atoms with Gasteiger partial charge in [-0.2, -0.15) is 0 Å². The minimum absolute atomic E-state index is 0.155. The number of furan rings is 1. The van der Waals surface area contributed by atoms with E-state index in [0.717, 1.165) is 19.3 Å². The third-order valence-corrected chi connectivity index (χ3v) is 3.89. The molecule has 1 saturated heterocycles. The molecule has 0 aliphatic carbocycles. The number of nitrogens with zero attached hydrogens (tertiary/aromatic N) is 1. The average Bonchev–Trinajstić information content (AvgIpc) is 3.00. The van der Waals surface area contributed by atoms with Crippen LogP contribution in [0.1, 0.15) is 43.5 Å². The SMILES string of the molecule is CC(NC(=O)c1ccoc1)C(=O)N1CCCCC1C(C)O. The van der Waals surface area contributed by atoms with Crippen LogP contribution in [-0.2, 0) is 4.79 Å². The van der Waals surface area contributed by atoms with Gasteiger partial charge in [0.15, 0.2) is 0 Å². The van der Waals surface area contributed by atoms with Crippen LogP contribution in [0, 0.1) is 0 Å². The molecule has 1 aromatic heterocycles. The Hall–Kier alpha value is -1.82. The lowest BCUT2D eigenvalue weighted by atomic mass is 9.97. The molecule has 6 nitrogen and oxygen atoms in total. The van der Waals surface area contributed by atoms with Crippen molar-refractivity contribution >= 4 is 11.8 Å². The maximum Gasteiger partial charge on any atom is 0.255 e. The number of aliphatic hydroxyl groups is 1. The smallest absolute Gasteiger partial charge is 0.255 e. The van der Waals surface area contributed by atoms with Crippen molar-refractivity contribution in [1.82, 2.24) is 10.2 Å². The van der Waals surface area contributed by atoms with Gasteiger partial charge in [0.2, 0.25) is 5.91 Å². The van der Waals surface area contributed by atoms with E-state index in [0.29, 0.717) is 12.1 Å². The van der Waals surface area contributed by atoms with Crippen molar-refractivity contribution in [2.45, 2.75) is 51.3 Å². The normalized spacial score (nSPS) is 21.7. The van der Waals surface area contributed by atoms with Gasteiger partial charge in [0, 0.05) is 6.54 Å². The number of hydrogen-bond donors (Lipinski definition) is 2. The molecule has 1 fully saturated rings. The maximum absolute atomic E-state index is 12.5. The quantitative estimate of drug-likeness (QED) is 0.873. The van der Waals surface area contributed by atoms with Crippen molar-refractivity contribution in [3.8, 4) is 0 Å². The van der Waals surface area contributed by atoms with Gasteiger partial charge in [-0.05, 0) is 39.2 Å². The zero-order valence-corrected chi connectivity index (χ0v) is 12.4. The van der Waals surface area contributed by atoms with Crippen LogP contribution in [0.5, 0.6) is 0 Å². The number of rotatable bonds is 4. The van der Waals surface area contributed by atoms with Crippen molar-refractivity contribution in [1.29, 1.82) is 0 Å². The van der Waals surface area contributed by atoms with E-state index in [-0.39, 0.29) is 17.9 Å². The van der Waals surface area contributed by atoms with Crippen LogP contribution < -0.4 is 5.32 Å². The van der Waals surface area contributed by atoms with E-state index in [1.807, 2.05) is 0 Å². The zero-order chi connectivity index (χ0) is 15.4. The van der Waals surface area contributed by atoms with Crippen molar-refractivity contribution < 1.29 is 19.1 Å². The second-order valence-corrected chi connectivity index (χ2v) is 5.54. The van der Waals surface area contributed by atoms with Gasteiger partial charge in [0.05, 0.1) is 24.0 Å². The first-order valence-corrected chi connectivity index (χ1v) is 7.32. The molecule has 1 aliphatic heterocycles. The number of amides is 2. The van der Waals surface area contributed by atoms with E-state index in [9.17, 15) is 14.7 Å². The summed E-state index contributed by atoms with van der Waals surface area (Å²) in [5.74, 6) is -0.493. The third kappa shape index (κ3) is 3.64. The molecule has 6 heteroatoms. The fraction of sp³-hybridized carbons (Fsp3) is 0.600. The molecule has 0 saturated carbocycles. The van der Waals surface area contributed by atoms with E-state index in [1.54, 1.807) is 24.8 Å². The lowest BCUT2D eigenvalue weighted by Gasteiger charge is -2.38. The number of carbonyl (C=O) groups excluding carboxylic acids is 2. The Morgan fingerprint density at radius 3 is 2.81 bits per heavy atom. The molecule has 3 unspecified atom stereocenters. The Morgan fingerprint density at radius 2 is 2.19 bits per heavy atom. The number of nitrogens with one attached hydrogen (secondary N) is 1. The Balaban J connectivity index is 1.99. The van der Waals surface area contributed by atoms with Crippen molar-refractivity contribution in [2.75, 3.05) is 6.54 Å². The summed E-state index contributed by atoms with van der Waals surface area (Å²) in [5, 5.41) is 12.5. The highest BCUT2D eigenvalue weighted by molar-refractivity contribution is 5.97. The van der Waals surface area contributed by atoms with Gasteiger partial charge in [-0.15, -0.1) is 0 Å². The topological polar surface area (TPSA) is 82.8 Å². The standard InChI is InChI=1S/C15H22N2O4/c1-10(16-14(19)12-6-8-21-9-12)15(20)17-7-4-3-5-13(17)11(2)18/h6,8-11,13,18H,3-5,7H2,1-2H3,(H,16,19). The summed E-state index contributed by atoms with van der Waals surface area (Å²) >= 11 is 0. The van der Waals surface area contributed by atoms with Gasteiger partial charge in [0.25, 0.3) is 5.91 Å². The average molecular weight is 294 g/mol. The first-order valence-electron chi connectivity index (χ1n) is 7.32. The van der Waals surface area contributed by atoms with E-state index in [2.05, 4.69) is 5.32 Å². The molecule has 2 N–H and O–H groups in total. The van der Waals surface area contributed by atoms with Crippen LogP contribution in [0.2, 0.25) is 0 Å². The monoisotopic (exact) mass is 294 g/mol. The fourth-order valence-corrected chi connectivity index (χ4v) is 2.72. The first-order chi connectivity index (χ1) is 10.0. The molecule has 0 bridgehead atoms. The highest BCUT2D eigenvalue weighted by Crippen LogP contribution is 2.20. The van der Waals surface area contributed by atoms with Crippen LogP contribution in [0.4, 0.5) is 0 Å². The van der Waals surface area contributed by atoms with Crippen molar-refractivity contribution in [2.24, 2.45) is 0 Å². The minimum atomic E-state index is -0.633. The predicted molar refractivity (Wildman–Crippen MR) is 76.7 cm³/mol. The second kappa shape index (κ2) is 6.76. The zero-order valence-electron chi connectivity index (χ0n) is 12.4. The van der Waals surface area contributed by atoms with Crippen LogP contribution in [0.3, 0.4) is 0 Å². The molecule has 0 spiro atoms. The highest BCUT2D eigenvalue weighted by Gasteiger charge is 2.32. The summed E-state index contributed by atoms with van der Waals surface area (Å²) in [6.07, 6.45) is 4.92. The van der Waals surface area contributed by atoms with Crippen LogP contribution in [0.15, 0.2) is 23.0 Å². The summed E-state index contributed by atoms with van der Waals surface area (Å²) < 4.78 is 4.85. The largest absolute Gasteiger partial charge is 0.472 e. The number of likely N-dealkylation sites (tertiary alicyclic amines) is 1. The molecule has 0 aromatic carbocycles. The van der Waals surface area contributed by atoms with Crippen LogP contribution in [-0.4, -0.2) is 46.6 Å². The molecule has 2 rings (SSSR count). The Morgan fingerprint density at radius 1 is 1.43 bits per heavy atom. The number of hydrogen-bond acceptors (Lipinski definition) is 4. The lowest BCUT2D eigenvalue weighted by Crippen LogP contribution is -2.55. The van der Waals surface area contributed by atoms with Gasteiger partial charge in [-0.3, -0.25) is 9.59 Å². The molecule has 116 valence electrons. The van der Waals surface area contributed by atoms with Crippen molar-refractivity contribution in [3.63, 3.8) is 0 Å². The summed E-state index contributed by atoms with van der Waals surface area (Å²) in [7, 11) is 0. The van der Waals surface area contributed by atoms with Gasteiger partial charge in [-0.1, -0.05) is 0 Å². The van der Waals surface area contributed by atoms with E-state index in [1.165, 1.54) is 12.5 Å². The predicted octanol–water partition coefficient (Wildman–Crippen LogP) is 1.16.